The molecule has 6 nitrogen and oxygen atoms in total. The van der Waals surface area contributed by atoms with Crippen LogP contribution in [-0.4, -0.2) is 21.6 Å². The molecule has 0 saturated heterocycles. The Hall–Kier alpha value is -2.83. The predicted molar refractivity (Wildman–Crippen MR) is 132 cm³/mol. The molecular weight excluding hydrogens is 459 g/mol. The van der Waals surface area contributed by atoms with Gasteiger partial charge in [0, 0.05) is 16.4 Å². The van der Waals surface area contributed by atoms with Crippen LogP contribution < -0.4 is 10.6 Å². The van der Waals surface area contributed by atoms with Crippen LogP contribution in [0.5, 0.6) is 0 Å². The van der Waals surface area contributed by atoms with Gasteiger partial charge in [-0.1, -0.05) is 41.8 Å². The number of hydrogen-bond donors (Lipinski definition) is 2. The number of rotatable bonds is 6. The Labute approximate surface area is 203 Å². The lowest BCUT2D eigenvalue weighted by molar-refractivity contribution is -0.124. The fraction of sp³-hybridized carbons (Fsp3) is 0.320. The van der Waals surface area contributed by atoms with E-state index in [2.05, 4.69) is 15.7 Å². The summed E-state index contributed by atoms with van der Waals surface area (Å²) in [6, 6.07) is 14.0. The van der Waals surface area contributed by atoms with Gasteiger partial charge in [0.1, 0.15) is 6.04 Å². The first-order valence-electron chi connectivity index (χ1n) is 10.9. The zero-order chi connectivity index (χ0) is 23.8. The molecule has 1 unspecified atom stereocenters. The molecule has 1 aliphatic carbocycles. The Kier molecular flexibility index (Phi) is 6.50. The Morgan fingerprint density at radius 3 is 2.27 bits per heavy atom. The number of carbonyl (C=O) groups excluding carboxylic acids is 2. The molecule has 0 radical (unpaired) electrons. The zero-order valence-electron chi connectivity index (χ0n) is 18.8. The molecule has 1 fully saturated rings. The topological polar surface area (TPSA) is 76.0 Å². The van der Waals surface area contributed by atoms with E-state index in [0.717, 1.165) is 36.2 Å². The van der Waals surface area contributed by atoms with Gasteiger partial charge in [0.15, 0.2) is 0 Å². The molecule has 172 valence electrons. The molecule has 1 aliphatic rings. The lowest BCUT2D eigenvalue weighted by Gasteiger charge is -2.40. The van der Waals surface area contributed by atoms with Crippen molar-refractivity contribution in [1.82, 2.24) is 9.78 Å². The number of carbonyl (C=O) groups is 2. The molecule has 1 heterocycles. The quantitative estimate of drug-likeness (QED) is 0.445. The van der Waals surface area contributed by atoms with Crippen LogP contribution in [-0.2, 0) is 15.0 Å². The van der Waals surface area contributed by atoms with Gasteiger partial charge in [-0.2, -0.15) is 5.10 Å². The van der Waals surface area contributed by atoms with Gasteiger partial charge in [-0.25, -0.2) is 0 Å². The van der Waals surface area contributed by atoms with E-state index in [4.69, 9.17) is 23.2 Å². The van der Waals surface area contributed by atoms with E-state index in [-0.39, 0.29) is 11.8 Å². The van der Waals surface area contributed by atoms with Crippen molar-refractivity contribution in [3.05, 3.63) is 75.5 Å². The summed E-state index contributed by atoms with van der Waals surface area (Å²) in [7, 11) is 0. The third kappa shape index (κ3) is 4.63. The molecule has 3 aromatic rings. The third-order valence-electron chi connectivity index (χ3n) is 6.31. The number of aryl methyl sites for hydroxylation is 2. The van der Waals surface area contributed by atoms with Crippen LogP contribution >= 0.6 is 23.2 Å². The molecule has 8 heteroatoms. The largest absolute Gasteiger partial charge is 0.325 e. The zero-order valence-corrected chi connectivity index (χ0v) is 20.3. The smallest absolute Gasteiger partial charge is 0.248 e. The lowest BCUT2D eigenvalue weighted by atomic mass is 9.64. The Morgan fingerprint density at radius 1 is 1.03 bits per heavy atom. The van der Waals surface area contributed by atoms with E-state index in [0.29, 0.717) is 21.4 Å². The normalized spacial score (nSPS) is 15.4. The van der Waals surface area contributed by atoms with E-state index in [1.807, 2.05) is 44.2 Å². The summed E-state index contributed by atoms with van der Waals surface area (Å²) >= 11 is 12.4. The van der Waals surface area contributed by atoms with Crippen LogP contribution in [0.4, 0.5) is 11.4 Å². The highest BCUT2D eigenvalue weighted by atomic mass is 35.5. The maximum atomic E-state index is 13.2. The van der Waals surface area contributed by atoms with Gasteiger partial charge in [-0.15, -0.1) is 0 Å². The monoisotopic (exact) mass is 484 g/mol. The number of nitrogens with zero attached hydrogens (tertiary/aromatic N) is 2. The Morgan fingerprint density at radius 2 is 1.73 bits per heavy atom. The molecule has 2 amide bonds. The van der Waals surface area contributed by atoms with Crippen LogP contribution in [0, 0.1) is 13.8 Å². The second-order valence-corrected chi connectivity index (χ2v) is 9.47. The van der Waals surface area contributed by atoms with E-state index in [1.54, 1.807) is 29.8 Å². The lowest BCUT2D eigenvalue weighted by Crippen LogP contribution is -2.46. The highest BCUT2D eigenvalue weighted by Crippen LogP contribution is 2.45. The number of benzene rings is 2. The highest BCUT2D eigenvalue weighted by Gasteiger charge is 2.45. The summed E-state index contributed by atoms with van der Waals surface area (Å²) < 4.78 is 1.68. The van der Waals surface area contributed by atoms with Crippen molar-refractivity contribution >= 4 is 46.4 Å². The molecular formula is C25H26Cl2N4O2. The van der Waals surface area contributed by atoms with Crippen molar-refractivity contribution in [1.29, 1.82) is 0 Å². The first-order valence-corrected chi connectivity index (χ1v) is 11.7. The second kappa shape index (κ2) is 9.20. The molecule has 1 saturated carbocycles. The summed E-state index contributed by atoms with van der Waals surface area (Å²) in [5.41, 5.74) is 3.22. The minimum Gasteiger partial charge on any atom is -0.325 e. The van der Waals surface area contributed by atoms with Gasteiger partial charge in [-0.05, 0) is 75.6 Å². The number of amides is 2. The van der Waals surface area contributed by atoms with Crippen LogP contribution in [0.15, 0.2) is 48.5 Å². The molecule has 0 bridgehead atoms. The van der Waals surface area contributed by atoms with Crippen molar-refractivity contribution < 1.29 is 9.59 Å². The fourth-order valence-corrected chi connectivity index (χ4v) is 4.63. The van der Waals surface area contributed by atoms with Gasteiger partial charge < -0.3 is 10.6 Å². The number of hydrogen-bond acceptors (Lipinski definition) is 3. The summed E-state index contributed by atoms with van der Waals surface area (Å²) in [4.78, 5) is 25.9. The summed E-state index contributed by atoms with van der Waals surface area (Å²) in [6.45, 7) is 5.58. The van der Waals surface area contributed by atoms with Crippen molar-refractivity contribution in [2.24, 2.45) is 0 Å². The summed E-state index contributed by atoms with van der Waals surface area (Å²) in [6.07, 6.45) is 2.56. The van der Waals surface area contributed by atoms with Crippen LogP contribution in [0.1, 0.15) is 49.2 Å². The van der Waals surface area contributed by atoms with Crippen LogP contribution in [0.25, 0.3) is 0 Å². The molecule has 33 heavy (non-hydrogen) atoms. The standard InChI is InChI=1S/C25H26Cl2N4O2/c1-15-13-16(2)31(30-15)17(3)23(32)29-22-10-9-20(14-21(22)27)28-24(33)25(11-4-12-25)18-5-7-19(26)8-6-18/h5-10,13-14,17H,4,11-12H2,1-3H3,(H,28,33)(H,29,32). The Balaban J connectivity index is 1.46. The maximum Gasteiger partial charge on any atom is 0.248 e. The van der Waals surface area contributed by atoms with Crippen molar-refractivity contribution in [2.45, 2.75) is 51.5 Å². The van der Waals surface area contributed by atoms with Gasteiger partial charge in [0.2, 0.25) is 11.8 Å². The SMILES string of the molecule is Cc1cc(C)n(C(C)C(=O)Nc2ccc(NC(=O)C3(c4ccc(Cl)cc4)CCC3)cc2Cl)n1. The van der Waals surface area contributed by atoms with E-state index in [9.17, 15) is 9.59 Å². The van der Waals surface area contributed by atoms with Gasteiger partial charge in [0.25, 0.3) is 0 Å². The summed E-state index contributed by atoms with van der Waals surface area (Å²) in [5, 5.41) is 11.2. The third-order valence-corrected chi connectivity index (χ3v) is 6.88. The number of anilines is 2. The number of nitrogens with one attached hydrogen (secondary N) is 2. The number of aromatic nitrogens is 2. The fourth-order valence-electron chi connectivity index (χ4n) is 4.28. The Bertz CT molecular complexity index is 1200. The second-order valence-electron chi connectivity index (χ2n) is 8.63. The van der Waals surface area contributed by atoms with Crippen molar-refractivity contribution in [3.8, 4) is 0 Å². The number of halogens is 2. The van der Waals surface area contributed by atoms with E-state index < -0.39 is 11.5 Å². The first-order chi connectivity index (χ1) is 15.7. The van der Waals surface area contributed by atoms with Gasteiger partial charge in [0.05, 0.1) is 21.8 Å². The molecule has 0 aliphatic heterocycles. The maximum absolute atomic E-state index is 13.2. The van der Waals surface area contributed by atoms with E-state index >= 15 is 0 Å². The van der Waals surface area contributed by atoms with Crippen LogP contribution in [0.2, 0.25) is 10.0 Å². The van der Waals surface area contributed by atoms with Gasteiger partial charge in [-0.3, -0.25) is 14.3 Å². The van der Waals surface area contributed by atoms with Crippen molar-refractivity contribution in [3.63, 3.8) is 0 Å². The predicted octanol–water partition coefficient (Wildman–Crippen LogP) is 6.07. The minimum atomic E-state index is -0.556. The van der Waals surface area contributed by atoms with Gasteiger partial charge >= 0.3 is 0 Å². The molecule has 2 aromatic carbocycles. The minimum absolute atomic E-state index is 0.0675. The van der Waals surface area contributed by atoms with E-state index in [1.165, 1.54) is 0 Å². The molecule has 1 aromatic heterocycles. The average Bonchev–Trinajstić information content (AvgIpc) is 3.07. The highest BCUT2D eigenvalue weighted by molar-refractivity contribution is 6.34. The van der Waals surface area contributed by atoms with Crippen molar-refractivity contribution in [2.75, 3.05) is 10.6 Å². The molecule has 0 spiro atoms. The first kappa shape index (κ1) is 23.3. The molecule has 2 N–H and O–H groups in total. The molecule has 4 rings (SSSR count). The molecule has 1 atom stereocenters. The van der Waals surface area contributed by atoms with Crippen LogP contribution in [0.3, 0.4) is 0 Å². The summed E-state index contributed by atoms with van der Waals surface area (Å²) in [5.74, 6) is -0.293. The average molecular weight is 485 g/mol.